The monoisotopic (exact) mass is 255 g/mol. The van der Waals surface area contributed by atoms with Crippen molar-refractivity contribution in [2.75, 3.05) is 6.26 Å². The van der Waals surface area contributed by atoms with E-state index >= 15 is 0 Å². The maximum Gasteiger partial charge on any atom is 0.189 e. The molecule has 0 aromatic carbocycles. The largest absolute Gasteiger partial charge is 0.370 e. The second-order valence-corrected chi connectivity index (χ2v) is 6.44. The fourth-order valence-corrected chi connectivity index (χ4v) is 3.67. The first-order valence-electron chi connectivity index (χ1n) is 6.90. The van der Waals surface area contributed by atoms with Gasteiger partial charge < -0.3 is 11.1 Å². The molecule has 2 aliphatic carbocycles. The highest BCUT2D eigenvalue weighted by Gasteiger charge is 2.21. The molecule has 0 aromatic rings. The summed E-state index contributed by atoms with van der Waals surface area (Å²) in [5, 5.41) is 4.23. The molecular formula is C13H25N3S. The molecule has 0 spiro atoms. The summed E-state index contributed by atoms with van der Waals surface area (Å²) in [6.45, 7) is 0. The number of nitrogens with one attached hydrogen (secondary N) is 1. The topological polar surface area (TPSA) is 50.4 Å². The van der Waals surface area contributed by atoms with Gasteiger partial charge in [0.05, 0.1) is 6.04 Å². The molecule has 0 aliphatic heterocycles. The van der Waals surface area contributed by atoms with Crippen LogP contribution < -0.4 is 11.1 Å². The molecule has 0 heterocycles. The molecule has 2 rings (SSSR count). The normalized spacial score (nSPS) is 31.7. The van der Waals surface area contributed by atoms with E-state index < -0.39 is 0 Å². The standard InChI is InChI=1S/C13H25N3S/c1-17-12-8-6-11(7-9-12)16-13(14)15-10-4-2-3-5-10/h10-12H,2-9H2,1H3,(H3,14,15,16). The molecule has 0 atom stereocenters. The molecule has 0 bridgehead atoms. The Morgan fingerprint density at radius 3 is 2.35 bits per heavy atom. The zero-order valence-electron chi connectivity index (χ0n) is 10.8. The molecule has 0 saturated heterocycles. The van der Waals surface area contributed by atoms with Gasteiger partial charge in [-0.15, -0.1) is 0 Å². The van der Waals surface area contributed by atoms with Gasteiger partial charge >= 0.3 is 0 Å². The summed E-state index contributed by atoms with van der Waals surface area (Å²) >= 11 is 2.00. The highest BCUT2D eigenvalue weighted by molar-refractivity contribution is 7.99. The SMILES string of the molecule is CSC1CCC(N=C(N)NC2CCCC2)CC1. The Morgan fingerprint density at radius 1 is 1.12 bits per heavy atom. The predicted molar refractivity (Wildman–Crippen MR) is 76.6 cm³/mol. The van der Waals surface area contributed by atoms with Crippen molar-refractivity contribution in [1.29, 1.82) is 0 Å². The molecule has 98 valence electrons. The van der Waals surface area contributed by atoms with Gasteiger partial charge in [0.25, 0.3) is 0 Å². The Kier molecular flexibility index (Phi) is 5.01. The average Bonchev–Trinajstić information content (AvgIpc) is 2.82. The Morgan fingerprint density at radius 2 is 1.76 bits per heavy atom. The summed E-state index contributed by atoms with van der Waals surface area (Å²) in [5.41, 5.74) is 5.99. The molecule has 2 aliphatic rings. The molecule has 0 amide bonds. The Bertz CT molecular complexity index is 253. The van der Waals surface area contributed by atoms with Gasteiger partial charge in [-0.1, -0.05) is 12.8 Å². The van der Waals surface area contributed by atoms with Crippen LogP contribution in [0.25, 0.3) is 0 Å². The van der Waals surface area contributed by atoms with E-state index in [4.69, 9.17) is 5.73 Å². The van der Waals surface area contributed by atoms with Gasteiger partial charge in [0.15, 0.2) is 5.96 Å². The van der Waals surface area contributed by atoms with E-state index in [1.807, 2.05) is 11.8 Å². The van der Waals surface area contributed by atoms with Crippen molar-refractivity contribution in [3.8, 4) is 0 Å². The van der Waals surface area contributed by atoms with E-state index in [1.54, 1.807) is 0 Å². The van der Waals surface area contributed by atoms with Gasteiger partial charge in [-0.05, 0) is 44.8 Å². The molecule has 4 heteroatoms. The van der Waals surface area contributed by atoms with Gasteiger partial charge in [0, 0.05) is 11.3 Å². The van der Waals surface area contributed by atoms with Crippen LogP contribution in [0.15, 0.2) is 4.99 Å². The Balaban J connectivity index is 1.74. The maximum atomic E-state index is 5.99. The minimum Gasteiger partial charge on any atom is -0.370 e. The van der Waals surface area contributed by atoms with Gasteiger partial charge in [0.2, 0.25) is 0 Å². The number of thioether (sulfide) groups is 1. The maximum absolute atomic E-state index is 5.99. The van der Waals surface area contributed by atoms with Crippen LogP contribution in [0.3, 0.4) is 0 Å². The molecule has 17 heavy (non-hydrogen) atoms. The molecule has 3 nitrogen and oxygen atoms in total. The predicted octanol–water partition coefficient (Wildman–Crippen LogP) is 2.51. The number of hydrogen-bond donors (Lipinski definition) is 2. The molecule has 0 radical (unpaired) electrons. The lowest BCUT2D eigenvalue weighted by atomic mass is 9.95. The van der Waals surface area contributed by atoms with E-state index in [1.165, 1.54) is 51.4 Å². The first kappa shape index (κ1) is 13.1. The number of nitrogens with two attached hydrogens (primary N) is 1. The minimum atomic E-state index is 0.465. The lowest BCUT2D eigenvalue weighted by Gasteiger charge is -2.25. The summed E-state index contributed by atoms with van der Waals surface area (Å²) in [6.07, 6.45) is 12.4. The minimum absolute atomic E-state index is 0.465. The molecule has 0 unspecified atom stereocenters. The van der Waals surface area contributed by atoms with E-state index in [2.05, 4.69) is 16.6 Å². The quantitative estimate of drug-likeness (QED) is 0.602. The van der Waals surface area contributed by atoms with E-state index in [0.29, 0.717) is 18.0 Å². The second-order valence-electron chi connectivity index (χ2n) is 5.31. The molecule has 2 fully saturated rings. The first-order valence-corrected chi connectivity index (χ1v) is 8.19. The number of nitrogens with zero attached hydrogens (tertiary/aromatic N) is 1. The van der Waals surface area contributed by atoms with Crippen LogP contribution in [0.4, 0.5) is 0 Å². The average molecular weight is 255 g/mol. The third-order valence-corrected chi connectivity index (χ3v) is 5.14. The Labute approximate surface area is 109 Å². The number of hydrogen-bond acceptors (Lipinski definition) is 2. The van der Waals surface area contributed by atoms with Gasteiger partial charge in [-0.25, -0.2) is 0 Å². The van der Waals surface area contributed by atoms with Crippen LogP contribution in [0.2, 0.25) is 0 Å². The van der Waals surface area contributed by atoms with Crippen molar-refractivity contribution in [1.82, 2.24) is 5.32 Å². The molecule has 3 N–H and O–H groups in total. The zero-order chi connectivity index (χ0) is 12.1. The summed E-state index contributed by atoms with van der Waals surface area (Å²) in [5.74, 6) is 0.685. The molecule has 0 aromatic heterocycles. The lowest BCUT2D eigenvalue weighted by Crippen LogP contribution is -2.39. The van der Waals surface area contributed by atoms with Gasteiger partial charge in [-0.2, -0.15) is 11.8 Å². The summed E-state index contributed by atoms with van der Waals surface area (Å²) in [7, 11) is 0. The fourth-order valence-electron chi connectivity index (χ4n) is 2.92. The van der Waals surface area contributed by atoms with Crippen LogP contribution in [0, 0.1) is 0 Å². The van der Waals surface area contributed by atoms with E-state index in [0.717, 1.165) is 5.25 Å². The highest BCUT2D eigenvalue weighted by Crippen LogP contribution is 2.28. The van der Waals surface area contributed by atoms with Crippen LogP contribution in [-0.2, 0) is 0 Å². The van der Waals surface area contributed by atoms with Gasteiger partial charge in [0.1, 0.15) is 0 Å². The number of rotatable bonds is 3. The van der Waals surface area contributed by atoms with Crippen molar-refractivity contribution in [2.45, 2.75) is 68.7 Å². The van der Waals surface area contributed by atoms with Crippen molar-refractivity contribution in [3.05, 3.63) is 0 Å². The molecule has 2 saturated carbocycles. The smallest absolute Gasteiger partial charge is 0.189 e. The first-order chi connectivity index (χ1) is 8.28. The summed E-state index contributed by atoms with van der Waals surface area (Å²) in [6, 6.07) is 1.05. The fraction of sp³-hybridized carbons (Fsp3) is 0.923. The van der Waals surface area contributed by atoms with E-state index in [-0.39, 0.29) is 0 Å². The van der Waals surface area contributed by atoms with Gasteiger partial charge in [-0.3, -0.25) is 4.99 Å². The third-order valence-electron chi connectivity index (χ3n) is 4.01. The third kappa shape index (κ3) is 4.09. The van der Waals surface area contributed by atoms with Crippen LogP contribution in [0.5, 0.6) is 0 Å². The summed E-state index contributed by atoms with van der Waals surface area (Å²) in [4.78, 5) is 4.64. The van der Waals surface area contributed by atoms with E-state index in [9.17, 15) is 0 Å². The Hall–Kier alpha value is -0.380. The van der Waals surface area contributed by atoms with Crippen LogP contribution >= 0.6 is 11.8 Å². The van der Waals surface area contributed by atoms with Crippen molar-refractivity contribution >= 4 is 17.7 Å². The lowest BCUT2D eigenvalue weighted by molar-refractivity contribution is 0.450. The number of aliphatic imine (C=N–C) groups is 1. The zero-order valence-corrected chi connectivity index (χ0v) is 11.6. The highest BCUT2D eigenvalue weighted by atomic mass is 32.2. The summed E-state index contributed by atoms with van der Waals surface area (Å²) < 4.78 is 0. The van der Waals surface area contributed by atoms with Crippen molar-refractivity contribution in [2.24, 2.45) is 10.7 Å². The van der Waals surface area contributed by atoms with Crippen molar-refractivity contribution < 1.29 is 0 Å². The van der Waals surface area contributed by atoms with Crippen molar-refractivity contribution in [3.63, 3.8) is 0 Å². The number of guanidine groups is 1. The van der Waals surface area contributed by atoms with Crippen LogP contribution in [0.1, 0.15) is 51.4 Å². The second kappa shape index (κ2) is 6.53. The molecular weight excluding hydrogens is 230 g/mol. The van der Waals surface area contributed by atoms with Crippen LogP contribution in [-0.4, -0.2) is 29.5 Å².